The molecule has 0 bridgehead atoms. The Hall–Kier alpha value is -2.52. The first-order chi connectivity index (χ1) is 17.6. The van der Waals surface area contributed by atoms with Crippen molar-refractivity contribution in [3.05, 3.63) is 47.8 Å². The van der Waals surface area contributed by atoms with E-state index >= 15 is 0 Å². The summed E-state index contributed by atoms with van der Waals surface area (Å²) >= 11 is 0. The van der Waals surface area contributed by atoms with Crippen LogP contribution in [0, 0.1) is 0 Å². The van der Waals surface area contributed by atoms with Crippen LogP contribution in [0.1, 0.15) is 56.2 Å². The van der Waals surface area contributed by atoms with Gasteiger partial charge in [0.1, 0.15) is 0 Å². The van der Waals surface area contributed by atoms with Crippen molar-refractivity contribution in [3.8, 4) is 11.1 Å². The number of hydrogen-bond donors (Lipinski definition) is 2. The minimum Gasteiger partial charge on any atom is -0.393 e. The van der Waals surface area contributed by atoms with Gasteiger partial charge in [0.05, 0.1) is 31.0 Å². The number of morpholine rings is 1. The van der Waals surface area contributed by atoms with Gasteiger partial charge >= 0.3 is 0 Å². The lowest BCUT2D eigenvalue weighted by atomic mass is 9.85. The Balaban J connectivity index is 1.43. The lowest BCUT2D eigenvalue weighted by Crippen LogP contribution is -2.35. The Morgan fingerprint density at radius 1 is 1.14 bits per heavy atom. The van der Waals surface area contributed by atoms with E-state index in [1.54, 1.807) is 7.11 Å². The van der Waals surface area contributed by atoms with Gasteiger partial charge in [-0.1, -0.05) is 24.3 Å². The average molecular weight is 494 g/mol. The van der Waals surface area contributed by atoms with Gasteiger partial charge in [-0.05, 0) is 56.2 Å². The van der Waals surface area contributed by atoms with Crippen LogP contribution in [0.5, 0.6) is 0 Å². The van der Waals surface area contributed by atoms with Gasteiger partial charge in [0.25, 0.3) is 0 Å². The number of benzene rings is 1. The summed E-state index contributed by atoms with van der Waals surface area (Å²) in [6.07, 6.45) is 6.28. The Morgan fingerprint density at radius 2 is 1.89 bits per heavy atom. The minimum atomic E-state index is -0.181. The fourth-order valence-electron chi connectivity index (χ4n) is 5.37. The first kappa shape index (κ1) is 25.1. The van der Waals surface area contributed by atoms with Crippen molar-refractivity contribution in [1.82, 2.24) is 19.5 Å². The highest BCUT2D eigenvalue weighted by Crippen LogP contribution is 2.37. The molecule has 0 unspecified atom stereocenters. The van der Waals surface area contributed by atoms with Gasteiger partial charge in [-0.15, -0.1) is 5.10 Å². The molecule has 1 atom stereocenters. The highest BCUT2D eigenvalue weighted by atomic mass is 16.5. The van der Waals surface area contributed by atoms with E-state index in [1.165, 1.54) is 16.8 Å². The molecule has 1 saturated heterocycles. The summed E-state index contributed by atoms with van der Waals surface area (Å²) in [5.41, 5.74) is 5.89. The monoisotopic (exact) mass is 493 g/mol. The minimum absolute atomic E-state index is 0.181. The fourth-order valence-corrected chi connectivity index (χ4v) is 5.37. The first-order valence-corrected chi connectivity index (χ1v) is 13.3. The molecule has 1 aliphatic heterocycles. The normalized spacial score (nSPS) is 22.1. The molecule has 36 heavy (non-hydrogen) atoms. The van der Waals surface area contributed by atoms with Crippen LogP contribution in [0.4, 0.5) is 5.95 Å². The molecule has 1 aromatic carbocycles. The van der Waals surface area contributed by atoms with Gasteiger partial charge in [0.2, 0.25) is 5.95 Å². The van der Waals surface area contributed by atoms with Crippen LogP contribution in [0.25, 0.3) is 16.6 Å². The molecular formula is C28H39N5O3. The van der Waals surface area contributed by atoms with E-state index in [2.05, 4.69) is 57.0 Å². The summed E-state index contributed by atoms with van der Waals surface area (Å²) in [6, 6.07) is 11.4. The van der Waals surface area contributed by atoms with E-state index in [9.17, 15) is 5.11 Å². The number of nitrogens with zero attached hydrogens (tertiary/aromatic N) is 4. The van der Waals surface area contributed by atoms with Crippen LogP contribution in [-0.4, -0.2) is 76.8 Å². The molecule has 194 valence electrons. The third kappa shape index (κ3) is 5.89. The Labute approximate surface area is 213 Å². The second kappa shape index (κ2) is 11.7. The lowest BCUT2D eigenvalue weighted by Gasteiger charge is -2.26. The summed E-state index contributed by atoms with van der Waals surface area (Å²) in [6.45, 7) is 7.38. The molecule has 2 N–H and O–H groups in total. The second-order valence-corrected chi connectivity index (χ2v) is 10.3. The molecule has 0 radical (unpaired) electrons. The molecule has 1 saturated carbocycles. The molecule has 0 spiro atoms. The molecule has 5 rings (SSSR count). The number of aliphatic hydroxyl groups is 1. The Bertz CT molecular complexity index is 1120. The standard InChI is InChI=1S/C28H39N5O3/c1-20(11-14-35-2)30-28-29-18-27-25(17-26(33(27)31-28)23-7-9-24(34)10-8-23)22-5-3-21(4-6-22)19-32-12-15-36-16-13-32/h3-6,17-18,20,23-24,34H,7-16,19H2,1-2H3,(H,30,31)/t20-,23?,24?/m0/s1. The van der Waals surface area contributed by atoms with Gasteiger partial charge in [0, 0.05) is 56.6 Å². The maximum Gasteiger partial charge on any atom is 0.241 e. The number of aliphatic hydroxyl groups excluding tert-OH is 1. The first-order valence-electron chi connectivity index (χ1n) is 13.3. The number of nitrogens with one attached hydrogen (secondary N) is 1. The molecule has 1 aliphatic carbocycles. The van der Waals surface area contributed by atoms with E-state index in [0.29, 0.717) is 18.5 Å². The van der Waals surface area contributed by atoms with Crippen LogP contribution < -0.4 is 5.32 Å². The Morgan fingerprint density at radius 3 is 2.61 bits per heavy atom. The zero-order valence-electron chi connectivity index (χ0n) is 21.5. The van der Waals surface area contributed by atoms with Crippen molar-refractivity contribution in [3.63, 3.8) is 0 Å². The van der Waals surface area contributed by atoms with Crippen molar-refractivity contribution in [2.45, 2.75) is 63.6 Å². The summed E-state index contributed by atoms with van der Waals surface area (Å²) < 4.78 is 12.8. The number of methoxy groups -OCH3 is 1. The van der Waals surface area contributed by atoms with Crippen molar-refractivity contribution < 1.29 is 14.6 Å². The molecule has 8 nitrogen and oxygen atoms in total. The fraction of sp³-hybridized carbons (Fsp3) is 0.571. The number of hydrogen-bond acceptors (Lipinski definition) is 7. The molecule has 2 aliphatic rings. The third-order valence-electron chi connectivity index (χ3n) is 7.57. The van der Waals surface area contributed by atoms with Gasteiger partial charge < -0.3 is 19.9 Å². The van der Waals surface area contributed by atoms with E-state index in [0.717, 1.165) is 76.0 Å². The zero-order valence-corrected chi connectivity index (χ0v) is 21.5. The molecular weight excluding hydrogens is 454 g/mol. The van der Waals surface area contributed by atoms with Crippen LogP contribution in [0.15, 0.2) is 36.5 Å². The highest BCUT2D eigenvalue weighted by Gasteiger charge is 2.25. The number of aromatic nitrogens is 3. The van der Waals surface area contributed by atoms with Gasteiger partial charge in [-0.3, -0.25) is 4.90 Å². The molecule has 8 heteroatoms. The van der Waals surface area contributed by atoms with Crippen LogP contribution in [-0.2, 0) is 16.0 Å². The second-order valence-electron chi connectivity index (χ2n) is 10.3. The third-order valence-corrected chi connectivity index (χ3v) is 7.57. The molecule has 2 fully saturated rings. The van der Waals surface area contributed by atoms with Gasteiger partial charge in [0.15, 0.2) is 0 Å². The van der Waals surface area contributed by atoms with E-state index in [1.807, 2.05) is 6.20 Å². The highest BCUT2D eigenvalue weighted by molar-refractivity contribution is 5.81. The van der Waals surface area contributed by atoms with Crippen molar-refractivity contribution in [2.24, 2.45) is 0 Å². The number of anilines is 1. The molecule has 3 aromatic rings. The maximum absolute atomic E-state index is 10.1. The summed E-state index contributed by atoms with van der Waals surface area (Å²) in [5, 5.41) is 18.4. The number of ether oxygens (including phenoxy) is 2. The summed E-state index contributed by atoms with van der Waals surface area (Å²) in [4.78, 5) is 7.11. The summed E-state index contributed by atoms with van der Waals surface area (Å²) in [7, 11) is 1.72. The zero-order chi connectivity index (χ0) is 24.9. The predicted octanol–water partition coefficient (Wildman–Crippen LogP) is 4.08. The average Bonchev–Trinajstić information content (AvgIpc) is 3.28. The topological polar surface area (TPSA) is 84.2 Å². The van der Waals surface area contributed by atoms with Crippen molar-refractivity contribution in [1.29, 1.82) is 0 Å². The number of rotatable bonds is 9. The van der Waals surface area contributed by atoms with Crippen LogP contribution >= 0.6 is 0 Å². The van der Waals surface area contributed by atoms with Crippen molar-refractivity contribution >= 4 is 11.5 Å². The van der Waals surface area contributed by atoms with E-state index in [4.69, 9.17) is 14.6 Å². The largest absolute Gasteiger partial charge is 0.393 e. The summed E-state index contributed by atoms with van der Waals surface area (Å²) in [5.74, 6) is 1.01. The molecule has 3 heterocycles. The quantitative estimate of drug-likeness (QED) is 0.465. The van der Waals surface area contributed by atoms with E-state index in [-0.39, 0.29) is 12.1 Å². The molecule has 2 aromatic heterocycles. The van der Waals surface area contributed by atoms with E-state index < -0.39 is 0 Å². The SMILES string of the molecule is COCC[C@H](C)Nc1ncc2c(-c3ccc(CN4CCOCC4)cc3)cc(C3CCC(O)CC3)n2n1. The van der Waals surface area contributed by atoms with Gasteiger partial charge in [-0.25, -0.2) is 9.50 Å². The van der Waals surface area contributed by atoms with Crippen LogP contribution in [0.2, 0.25) is 0 Å². The Kier molecular flexibility index (Phi) is 8.16. The molecule has 0 amide bonds. The van der Waals surface area contributed by atoms with Crippen molar-refractivity contribution in [2.75, 3.05) is 45.3 Å². The smallest absolute Gasteiger partial charge is 0.241 e. The van der Waals surface area contributed by atoms with Crippen LogP contribution in [0.3, 0.4) is 0 Å². The van der Waals surface area contributed by atoms with Gasteiger partial charge in [-0.2, -0.15) is 0 Å². The number of fused-ring (bicyclic) bond motifs is 1. The maximum atomic E-state index is 10.1. The predicted molar refractivity (Wildman–Crippen MR) is 141 cm³/mol. The lowest BCUT2D eigenvalue weighted by molar-refractivity contribution is 0.0342.